The molecule has 0 aliphatic rings. The molecule has 0 aliphatic carbocycles. The largest absolute Gasteiger partial charge is 0.508 e. The van der Waals surface area contributed by atoms with Crippen LogP contribution in [-0.4, -0.2) is 86.3 Å². The molecule has 1 rings (SSSR count). The standard InChI is InChI=1S/C22H31N5O10/c1-10(28)18(22(36)37)27-20(34)14(6-7-17(31)32)25-21(35)15(8-11-2-4-12(29)5-3-11)26-19(33)13(23)9-16(24)30/h2-5,10,13-15,18,28-29H,6-9,23H2,1H3,(H2,24,30)(H,25,35)(H,26,33)(H,27,34)(H,31,32)(H,36,37). The summed E-state index contributed by atoms with van der Waals surface area (Å²) in [5.41, 5.74) is 11.1. The van der Waals surface area contributed by atoms with Crippen LogP contribution in [0.15, 0.2) is 24.3 Å². The van der Waals surface area contributed by atoms with E-state index in [2.05, 4.69) is 10.6 Å². The van der Waals surface area contributed by atoms with Gasteiger partial charge in [-0.2, -0.15) is 0 Å². The van der Waals surface area contributed by atoms with E-state index in [4.69, 9.17) is 16.6 Å². The number of primary amides is 1. The third-order valence-electron chi connectivity index (χ3n) is 5.09. The number of phenolic OH excluding ortho intramolecular Hbond substituents is 1. The average Bonchev–Trinajstić information content (AvgIpc) is 2.79. The Balaban J connectivity index is 3.18. The van der Waals surface area contributed by atoms with Crippen LogP contribution >= 0.6 is 0 Å². The molecule has 4 amide bonds. The molecule has 0 bridgehead atoms. The molecule has 0 aromatic heterocycles. The van der Waals surface area contributed by atoms with Crippen molar-refractivity contribution in [1.82, 2.24) is 16.0 Å². The van der Waals surface area contributed by atoms with Gasteiger partial charge in [-0.3, -0.25) is 24.0 Å². The second-order valence-corrected chi connectivity index (χ2v) is 8.27. The first kappa shape index (κ1) is 30.8. The Morgan fingerprint density at radius 1 is 0.892 bits per heavy atom. The number of carbonyl (C=O) groups is 6. The van der Waals surface area contributed by atoms with Gasteiger partial charge in [0, 0.05) is 12.8 Å². The lowest BCUT2D eigenvalue weighted by atomic mass is 10.0. The molecule has 11 N–H and O–H groups in total. The fraction of sp³-hybridized carbons (Fsp3) is 0.455. The molecule has 1 aromatic rings. The number of amides is 4. The Morgan fingerprint density at radius 2 is 1.43 bits per heavy atom. The van der Waals surface area contributed by atoms with Gasteiger partial charge in [-0.05, 0) is 31.0 Å². The highest BCUT2D eigenvalue weighted by Gasteiger charge is 2.32. The van der Waals surface area contributed by atoms with E-state index in [1.54, 1.807) is 0 Å². The minimum absolute atomic E-state index is 0.0613. The summed E-state index contributed by atoms with van der Waals surface area (Å²) < 4.78 is 0. The summed E-state index contributed by atoms with van der Waals surface area (Å²) in [4.78, 5) is 71.7. The second kappa shape index (κ2) is 14.4. The normalized spacial score (nSPS) is 14.8. The third-order valence-corrected chi connectivity index (χ3v) is 5.09. The summed E-state index contributed by atoms with van der Waals surface area (Å²) in [6.07, 6.45) is -3.21. The van der Waals surface area contributed by atoms with Crippen molar-refractivity contribution < 1.29 is 49.2 Å². The highest BCUT2D eigenvalue weighted by atomic mass is 16.4. The van der Waals surface area contributed by atoms with Crippen molar-refractivity contribution in [3.8, 4) is 5.75 Å². The highest BCUT2D eigenvalue weighted by Crippen LogP contribution is 2.12. The van der Waals surface area contributed by atoms with Crippen LogP contribution in [0.2, 0.25) is 0 Å². The van der Waals surface area contributed by atoms with Gasteiger partial charge in [0.15, 0.2) is 6.04 Å². The topological polar surface area (TPSA) is 271 Å². The number of phenols is 1. The van der Waals surface area contributed by atoms with E-state index >= 15 is 0 Å². The van der Waals surface area contributed by atoms with Crippen LogP contribution < -0.4 is 27.4 Å². The van der Waals surface area contributed by atoms with Crippen LogP contribution in [0, 0.1) is 0 Å². The molecule has 204 valence electrons. The predicted molar refractivity (Wildman–Crippen MR) is 126 cm³/mol. The molecule has 0 saturated carbocycles. The number of hydrogen-bond acceptors (Lipinski definition) is 9. The maximum Gasteiger partial charge on any atom is 0.328 e. The molecule has 15 heteroatoms. The van der Waals surface area contributed by atoms with E-state index < -0.39 is 85.1 Å². The number of carboxylic acid groups (broad SMARTS) is 2. The fourth-order valence-corrected chi connectivity index (χ4v) is 3.12. The molecule has 37 heavy (non-hydrogen) atoms. The maximum atomic E-state index is 13.1. The molecule has 0 fully saturated rings. The molecule has 0 spiro atoms. The Labute approximate surface area is 211 Å². The molecule has 15 nitrogen and oxygen atoms in total. The Bertz CT molecular complexity index is 998. The van der Waals surface area contributed by atoms with Crippen molar-refractivity contribution in [3.05, 3.63) is 29.8 Å². The monoisotopic (exact) mass is 525 g/mol. The first-order valence-electron chi connectivity index (χ1n) is 11.1. The van der Waals surface area contributed by atoms with Crippen molar-refractivity contribution in [2.45, 2.75) is 62.9 Å². The predicted octanol–water partition coefficient (Wildman–Crippen LogP) is -3.08. The molecular weight excluding hydrogens is 494 g/mol. The van der Waals surface area contributed by atoms with Gasteiger partial charge in [-0.1, -0.05) is 12.1 Å². The molecule has 1 aromatic carbocycles. The van der Waals surface area contributed by atoms with Crippen LogP contribution in [-0.2, 0) is 35.2 Å². The summed E-state index contributed by atoms with van der Waals surface area (Å²) >= 11 is 0. The van der Waals surface area contributed by atoms with Gasteiger partial charge < -0.3 is 47.8 Å². The Morgan fingerprint density at radius 3 is 1.92 bits per heavy atom. The van der Waals surface area contributed by atoms with E-state index in [1.807, 2.05) is 5.32 Å². The van der Waals surface area contributed by atoms with Crippen LogP contribution in [0.25, 0.3) is 0 Å². The van der Waals surface area contributed by atoms with Gasteiger partial charge in [-0.25, -0.2) is 4.79 Å². The van der Waals surface area contributed by atoms with Crippen LogP contribution in [0.1, 0.15) is 31.7 Å². The molecule has 0 aliphatic heterocycles. The second-order valence-electron chi connectivity index (χ2n) is 8.27. The van der Waals surface area contributed by atoms with Gasteiger partial charge in [0.05, 0.1) is 18.6 Å². The number of aliphatic hydroxyl groups is 1. The van der Waals surface area contributed by atoms with Crippen molar-refractivity contribution in [1.29, 1.82) is 0 Å². The lowest BCUT2D eigenvalue weighted by molar-refractivity contribution is -0.145. The van der Waals surface area contributed by atoms with Crippen LogP contribution in [0.4, 0.5) is 0 Å². The zero-order chi connectivity index (χ0) is 28.3. The minimum Gasteiger partial charge on any atom is -0.508 e. The number of carbonyl (C=O) groups excluding carboxylic acids is 4. The van der Waals surface area contributed by atoms with Crippen molar-refractivity contribution in [2.24, 2.45) is 11.5 Å². The van der Waals surface area contributed by atoms with Crippen molar-refractivity contribution in [2.75, 3.05) is 0 Å². The average molecular weight is 526 g/mol. The lowest BCUT2D eigenvalue weighted by Crippen LogP contribution is -2.58. The van der Waals surface area contributed by atoms with Gasteiger partial charge in [0.2, 0.25) is 23.6 Å². The summed E-state index contributed by atoms with van der Waals surface area (Å²) in [5.74, 6) is -6.74. The summed E-state index contributed by atoms with van der Waals surface area (Å²) in [7, 11) is 0. The van der Waals surface area contributed by atoms with E-state index in [-0.39, 0.29) is 12.2 Å². The number of nitrogens with one attached hydrogen (secondary N) is 3. The van der Waals surface area contributed by atoms with Crippen LogP contribution in [0.5, 0.6) is 5.75 Å². The summed E-state index contributed by atoms with van der Waals surface area (Å²) in [5, 5.41) is 44.0. The number of aromatic hydroxyl groups is 1. The first-order chi connectivity index (χ1) is 17.2. The molecule has 0 radical (unpaired) electrons. The number of hydrogen-bond donors (Lipinski definition) is 9. The van der Waals surface area contributed by atoms with Gasteiger partial charge >= 0.3 is 11.9 Å². The maximum absolute atomic E-state index is 13.1. The van der Waals surface area contributed by atoms with E-state index in [9.17, 15) is 44.1 Å². The van der Waals surface area contributed by atoms with E-state index in [1.165, 1.54) is 24.3 Å². The summed E-state index contributed by atoms with van der Waals surface area (Å²) in [6, 6.07) is -0.491. The number of nitrogens with two attached hydrogens (primary N) is 2. The Hall–Kier alpha value is -4.24. The minimum atomic E-state index is -1.74. The number of aliphatic hydroxyl groups excluding tert-OH is 1. The van der Waals surface area contributed by atoms with E-state index in [0.29, 0.717) is 5.56 Å². The number of rotatable bonds is 15. The smallest absolute Gasteiger partial charge is 0.328 e. The molecule has 5 unspecified atom stereocenters. The number of carboxylic acids is 2. The number of aliphatic carboxylic acids is 2. The molecular formula is C22H31N5O10. The van der Waals surface area contributed by atoms with Crippen molar-refractivity contribution >= 4 is 35.6 Å². The molecule has 0 heterocycles. The zero-order valence-corrected chi connectivity index (χ0v) is 19.9. The van der Waals surface area contributed by atoms with Crippen molar-refractivity contribution in [3.63, 3.8) is 0 Å². The molecule has 0 saturated heterocycles. The third kappa shape index (κ3) is 10.9. The van der Waals surface area contributed by atoms with Gasteiger partial charge in [0.1, 0.15) is 17.8 Å². The molecule has 5 atom stereocenters. The lowest BCUT2D eigenvalue weighted by Gasteiger charge is -2.25. The zero-order valence-electron chi connectivity index (χ0n) is 19.9. The van der Waals surface area contributed by atoms with Gasteiger partial charge in [0.25, 0.3) is 0 Å². The first-order valence-corrected chi connectivity index (χ1v) is 11.1. The van der Waals surface area contributed by atoms with Crippen LogP contribution in [0.3, 0.4) is 0 Å². The Kier molecular flexibility index (Phi) is 11.9. The highest BCUT2D eigenvalue weighted by molar-refractivity contribution is 5.95. The summed E-state index contributed by atoms with van der Waals surface area (Å²) in [6.45, 7) is 1.11. The van der Waals surface area contributed by atoms with E-state index in [0.717, 1.165) is 6.92 Å². The van der Waals surface area contributed by atoms with Gasteiger partial charge in [-0.15, -0.1) is 0 Å². The fourth-order valence-electron chi connectivity index (χ4n) is 3.12. The number of benzene rings is 1. The SMILES string of the molecule is CC(O)C(NC(=O)C(CCC(=O)O)NC(=O)C(Cc1ccc(O)cc1)NC(=O)C(N)CC(N)=O)C(=O)O. The quantitative estimate of drug-likeness (QED) is 0.111.